The van der Waals surface area contributed by atoms with Gasteiger partial charge in [-0.15, -0.1) is 0 Å². The number of carbonyl (C=O) groups is 1. The fourth-order valence-electron chi connectivity index (χ4n) is 3.81. The molecule has 24 heavy (non-hydrogen) atoms. The summed E-state index contributed by atoms with van der Waals surface area (Å²) in [6.07, 6.45) is 5.01. The lowest BCUT2D eigenvalue weighted by Gasteiger charge is -2.34. The molecule has 0 spiro atoms. The number of carbonyl (C=O) groups excluding carboxylic acids is 1. The van der Waals surface area contributed by atoms with E-state index in [0.717, 1.165) is 38.8 Å². The molecule has 1 atom stereocenters. The summed E-state index contributed by atoms with van der Waals surface area (Å²) in [4.78, 5) is 14.4. The Bertz CT molecular complexity index is 495. The monoisotopic (exact) mass is 359 g/mol. The quantitative estimate of drug-likeness (QED) is 0.719. The summed E-state index contributed by atoms with van der Waals surface area (Å²) in [6.45, 7) is 7.51. The first-order chi connectivity index (χ1) is 11.4. The molecule has 0 aromatic heterocycles. The summed E-state index contributed by atoms with van der Waals surface area (Å²) in [5, 5.41) is 3.37. The Morgan fingerprint density at radius 3 is 2.42 bits per heavy atom. The van der Waals surface area contributed by atoms with E-state index < -0.39 is 10.0 Å². The number of piperidine rings is 2. The average molecular weight is 360 g/mol. The molecular formula is C17H33N3O3S. The van der Waals surface area contributed by atoms with Gasteiger partial charge in [0.05, 0.1) is 5.75 Å². The van der Waals surface area contributed by atoms with E-state index in [1.807, 2.05) is 11.8 Å². The maximum atomic E-state index is 12.5. The number of rotatable bonds is 7. The first kappa shape index (κ1) is 19.7. The SMILES string of the molecule is CCCS(=O)(=O)NC1CCN(C(=O)CC(C)C2CCNCC2)CC1. The van der Waals surface area contributed by atoms with Gasteiger partial charge >= 0.3 is 0 Å². The van der Waals surface area contributed by atoms with Crippen LogP contribution in [0.1, 0.15) is 52.4 Å². The Hall–Kier alpha value is -0.660. The molecule has 0 saturated carbocycles. The molecule has 2 N–H and O–H groups in total. The fourth-order valence-corrected chi connectivity index (χ4v) is 5.21. The van der Waals surface area contributed by atoms with Gasteiger partial charge in [0.1, 0.15) is 0 Å². The zero-order valence-electron chi connectivity index (χ0n) is 15.1. The Kier molecular flexibility index (Phi) is 7.50. The highest BCUT2D eigenvalue weighted by atomic mass is 32.2. The second kappa shape index (κ2) is 9.15. The number of nitrogens with zero attached hydrogens (tertiary/aromatic N) is 1. The zero-order valence-corrected chi connectivity index (χ0v) is 15.9. The van der Waals surface area contributed by atoms with E-state index >= 15 is 0 Å². The van der Waals surface area contributed by atoms with Crippen LogP contribution in [0.5, 0.6) is 0 Å². The van der Waals surface area contributed by atoms with Crippen LogP contribution in [0.15, 0.2) is 0 Å². The van der Waals surface area contributed by atoms with E-state index in [2.05, 4.69) is 17.0 Å². The Labute approximate surface area is 146 Å². The molecule has 2 aliphatic rings. The molecule has 1 unspecified atom stereocenters. The summed E-state index contributed by atoms with van der Waals surface area (Å²) >= 11 is 0. The first-order valence-electron chi connectivity index (χ1n) is 9.39. The van der Waals surface area contributed by atoms with Gasteiger partial charge in [0.25, 0.3) is 0 Å². The molecule has 2 rings (SSSR count). The molecule has 2 fully saturated rings. The van der Waals surface area contributed by atoms with Crippen molar-refractivity contribution >= 4 is 15.9 Å². The van der Waals surface area contributed by atoms with Gasteiger partial charge in [-0.2, -0.15) is 0 Å². The van der Waals surface area contributed by atoms with Crippen molar-refractivity contribution in [3.05, 3.63) is 0 Å². The van der Waals surface area contributed by atoms with Crippen LogP contribution < -0.4 is 10.0 Å². The molecule has 2 saturated heterocycles. The van der Waals surface area contributed by atoms with Crippen molar-refractivity contribution in [2.24, 2.45) is 11.8 Å². The van der Waals surface area contributed by atoms with Gasteiger partial charge in [0.2, 0.25) is 15.9 Å². The molecule has 140 valence electrons. The number of sulfonamides is 1. The van der Waals surface area contributed by atoms with E-state index in [-0.39, 0.29) is 17.7 Å². The predicted molar refractivity (Wildman–Crippen MR) is 96.2 cm³/mol. The van der Waals surface area contributed by atoms with Crippen LogP contribution in [0.3, 0.4) is 0 Å². The number of hydrogen-bond acceptors (Lipinski definition) is 4. The van der Waals surface area contributed by atoms with Gasteiger partial charge in [0, 0.05) is 25.6 Å². The molecule has 0 aromatic rings. The molecule has 0 aliphatic carbocycles. The largest absolute Gasteiger partial charge is 0.343 e. The highest BCUT2D eigenvalue weighted by Gasteiger charge is 2.28. The molecule has 2 heterocycles. The maximum Gasteiger partial charge on any atom is 0.222 e. The molecular weight excluding hydrogens is 326 g/mol. The third kappa shape index (κ3) is 6.01. The third-order valence-corrected chi connectivity index (χ3v) is 6.99. The maximum absolute atomic E-state index is 12.5. The van der Waals surface area contributed by atoms with Crippen LogP contribution in [0.25, 0.3) is 0 Å². The van der Waals surface area contributed by atoms with Crippen LogP contribution in [0.4, 0.5) is 0 Å². The normalized spacial score (nSPS) is 22.5. The lowest BCUT2D eigenvalue weighted by molar-refractivity contribution is -0.133. The summed E-state index contributed by atoms with van der Waals surface area (Å²) < 4.78 is 26.5. The van der Waals surface area contributed by atoms with Crippen molar-refractivity contribution < 1.29 is 13.2 Å². The second-order valence-corrected chi connectivity index (χ2v) is 9.23. The number of likely N-dealkylation sites (tertiary alicyclic amines) is 1. The van der Waals surface area contributed by atoms with E-state index in [9.17, 15) is 13.2 Å². The lowest BCUT2D eigenvalue weighted by atomic mass is 9.84. The van der Waals surface area contributed by atoms with Crippen LogP contribution in [0, 0.1) is 11.8 Å². The molecule has 0 bridgehead atoms. The van der Waals surface area contributed by atoms with Crippen LogP contribution in [-0.2, 0) is 14.8 Å². The van der Waals surface area contributed by atoms with Gasteiger partial charge in [0.15, 0.2) is 0 Å². The van der Waals surface area contributed by atoms with Crippen LogP contribution in [0.2, 0.25) is 0 Å². The standard InChI is InChI=1S/C17H33N3O3S/c1-3-12-24(22,23)19-16-6-10-20(11-7-16)17(21)13-14(2)15-4-8-18-9-5-15/h14-16,18-19H,3-13H2,1-2H3. The minimum atomic E-state index is -3.16. The van der Waals surface area contributed by atoms with Gasteiger partial charge in [-0.3, -0.25) is 4.79 Å². The number of hydrogen-bond donors (Lipinski definition) is 2. The zero-order chi connectivity index (χ0) is 17.6. The molecule has 1 amide bonds. The minimum absolute atomic E-state index is 0.0209. The smallest absolute Gasteiger partial charge is 0.222 e. The Morgan fingerprint density at radius 1 is 1.21 bits per heavy atom. The van der Waals surface area contributed by atoms with Crippen LogP contribution >= 0.6 is 0 Å². The van der Waals surface area contributed by atoms with Gasteiger partial charge < -0.3 is 10.2 Å². The van der Waals surface area contributed by atoms with Crippen molar-refractivity contribution in [1.29, 1.82) is 0 Å². The van der Waals surface area contributed by atoms with E-state index in [1.54, 1.807) is 0 Å². The number of amides is 1. The molecule has 0 aromatic carbocycles. The molecule has 2 aliphatic heterocycles. The minimum Gasteiger partial charge on any atom is -0.343 e. The van der Waals surface area contributed by atoms with Crippen molar-refractivity contribution in [3.8, 4) is 0 Å². The molecule has 7 heteroatoms. The van der Waals surface area contributed by atoms with E-state index in [4.69, 9.17) is 0 Å². The second-order valence-electron chi connectivity index (χ2n) is 7.36. The predicted octanol–water partition coefficient (Wildman–Crippen LogP) is 1.33. The summed E-state index contributed by atoms with van der Waals surface area (Å²) in [7, 11) is -3.16. The van der Waals surface area contributed by atoms with E-state index in [0.29, 0.717) is 37.8 Å². The summed E-state index contributed by atoms with van der Waals surface area (Å²) in [5.74, 6) is 1.49. The van der Waals surface area contributed by atoms with Gasteiger partial charge in [-0.25, -0.2) is 13.1 Å². The van der Waals surface area contributed by atoms with Crippen molar-refractivity contribution in [3.63, 3.8) is 0 Å². The highest BCUT2D eigenvalue weighted by molar-refractivity contribution is 7.89. The summed E-state index contributed by atoms with van der Waals surface area (Å²) in [5.41, 5.74) is 0. The van der Waals surface area contributed by atoms with Gasteiger partial charge in [-0.1, -0.05) is 13.8 Å². The summed E-state index contributed by atoms with van der Waals surface area (Å²) in [6, 6.07) is -0.0209. The van der Waals surface area contributed by atoms with Crippen LogP contribution in [-0.4, -0.2) is 57.2 Å². The van der Waals surface area contributed by atoms with Crippen molar-refractivity contribution in [2.75, 3.05) is 31.9 Å². The lowest BCUT2D eigenvalue weighted by Crippen LogP contribution is -2.47. The first-order valence-corrected chi connectivity index (χ1v) is 11.0. The molecule has 6 nitrogen and oxygen atoms in total. The number of nitrogens with one attached hydrogen (secondary N) is 2. The Balaban J connectivity index is 1.74. The van der Waals surface area contributed by atoms with E-state index in [1.165, 1.54) is 0 Å². The van der Waals surface area contributed by atoms with Crippen molar-refractivity contribution in [1.82, 2.24) is 14.9 Å². The molecule has 0 radical (unpaired) electrons. The van der Waals surface area contributed by atoms with Crippen molar-refractivity contribution in [2.45, 2.75) is 58.4 Å². The Morgan fingerprint density at radius 2 is 1.83 bits per heavy atom. The highest BCUT2D eigenvalue weighted by Crippen LogP contribution is 2.25. The fraction of sp³-hybridized carbons (Fsp3) is 0.941. The topological polar surface area (TPSA) is 78.5 Å². The third-order valence-electron chi connectivity index (χ3n) is 5.35. The van der Waals surface area contributed by atoms with Gasteiger partial charge in [-0.05, 0) is 57.0 Å². The average Bonchev–Trinajstić information content (AvgIpc) is 2.55.